The van der Waals surface area contributed by atoms with E-state index in [0.29, 0.717) is 24.7 Å². The third kappa shape index (κ3) is 4.07. The maximum absolute atomic E-state index is 13.9. The summed E-state index contributed by atoms with van der Waals surface area (Å²) in [6.45, 7) is 3.96. The van der Waals surface area contributed by atoms with Crippen molar-refractivity contribution >= 4 is 11.7 Å². The van der Waals surface area contributed by atoms with E-state index in [2.05, 4.69) is 15.6 Å². The molecule has 0 atom stereocenters. The number of piperidine rings is 1. The summed E-state index contributed by atoms with van der Waals surface area (Å²) in [5.74, 6) is 0.158. The van der Waals surface area contributed by atoms with E-state index in [4.69, 9.17) is 4.74 Å². The van der Waals surface area contributed by atoms with Crippen LogP contribution in [0.4, 0.5) is 14.9 Å². The lowest BCUT2D eigenvalue weighted by Gasteiger charge is -2.32. The number of anilines is 1. The van der Waals surface area contributed by atoms with Crippen LogP contribution in [0.15, 0.2) is 24.5 Å². The van der Waals surface area contributed by atoms with Crippen molar-refractivity contribution in [2.75, 3.05) is 25.5 Å². The van der Waals surface area contributed by atoms with Gasteiger partial charge in [0.2, 0.25) is 0 Å². The molecule has 3 rings (SSSR count). The fourth-order valence-electron chi connectivity index (χ4n) is 3.05. The van der Waals surface area contributed by atoms with Crippen LogP contribution in [0.1, 0.15) is 18.4 Å². The lowest BCUT2D eigenvalue weighted by molar-refractivity contribution is 0.175. The second-order valence-electron chi connectivity index (χ2n) is 6.29. The number of nitrogens with one attached hydrogen (secondary N) is 1. The number of urea groups is 1. The third-order valence-electron chi connectivity index (χ3n) is 4.56. The van der Waals surface area contributed by atoms with E-state index in [0.717, 1.165) is 24.9 Å². The Balaban J connectivity index is 1.55. The number of hydrogen-bond acceptors (Lipinski definition) is 4. The van der Waals surface area contributed by atoms with Crippen molar-refractivity contribution in [2.24, 2.45) is 5.92 Å². The molecule has 2 amide bonds. The zero-order valence-corrected chi connectivity index (χ0v) is 14.4. The maximum Gasteiger partial charge on any atom is 0.321 e. The molecule has 1 saturated heterocycles. The highest BCUT2D eigenvalue weighted by Gasteiger charge is 2.24. The number of benzene rings is 1. The number of hydrogen-bond donors (Lipinski definition) is 1. The highest BCUT2D eigenvalue weighted by atomic mass is 19.1. The molecule has 0 radical (unpaired) electrons. The molecule has 1 aromatic carbocycles. The molecule has 1 aliphatic heterocycles. The molecule has 1 aromatic heterocycles. The van der Waals surface area contributed by atoms with Gasteiger partial charge in [-0.15, -0.1) is 5.10 Å². The second kappa shape index (κ2) is 7.50. The molecular formula is C17H22FN5O2. The van der Waals surface area contributed by atoms with E-state index in [1.54, 1.807) is 17.2 Å². The molecule has 0 aliphatic carbocycles. The molecular weight excluding hydrogens is 325 g/mol. The van der Waals surface area contributed by atoms with Gasteiger partial charge in [-0.05, 0) is 37.3 Å². The summed E-state index contributed by atoms with van der Waals surface area (Å²) in [6.07, 6.45) is 5.32. The Labute approximate surface area is 145 Å². The minimum absolute atomic E-state index is 0.171. The molecule has 1 fully saturated rings. The molecule has 1 aliphatic rings. The van der Waals surface area contributed by atoms with Crippen LogP contribution in [0.25, 0.3) is 0 Å². The Morgan fingerprint density at radius 2 is 2.16 bits per heavy atom. The lowest BCUT2D eigenvalue weighted by Crippen LogP contribution is -2.41. The summed E-state index contributed by atoms with van der Waals surface area (Å²) >= 11 is 0. The molecule has 25 heavy (non-hydrogen) atoms. The number of halogens is 1. The predicted molar refractivity (Wildman–Crippen MR) is 91.0 cm³/mol. The number of carbonyl (C=O) groups is 1. The van der Waals surface area contributed by atoms with E-state index in [-0.39, 0.29) is 11.8 Å². The van der Waals surface area contributed by atoms with Gasteiger partial charge in [0.1, 0.15) is 0 Å². The standard InChI is InChI=1S/C17H22FN5O2/c1-12-9-16(25-2)14(18)10-15(12)20-17(24)22-6-3-13(4-7-22)11-23-8-5-19-21-23/h5,8-10,13H,3-4,6-7,11H2,1-2H3,(H,20,24). The van der Waals surface area contributed by atoms with E-state index in [1.165, 1.54) is 13.2 Å². The number of aryl methyl sites for hydroxylation is 1. The first kappa shape index (κ1) is 17.2. The molecule has 0 saturated carbocycles. The van der Waals surface area contributed by atoms with E-state index >= 15 is 0 Å². The number of carbonyl (C=O) groups excluding carboxylic acids is 1. The number of methoxy groups -OCH3 is 1. The van der Waals surface area contributed by atoms with Gasteiger partial charge >= 0.3 is 6.03 Å². The Morgan fingerprint density at radius 1 is 1.40 bits per heavy atom. The smallest absolute Gasteiger partial charge is 0.321 e. The van der Waals surface area contributed by atoms with Gasteiger partial charge in [-0.1, -0.05) is 5.21 Å². The number of nitrogens with zero attached hydrogens (tertiary/aromatic N) is 4. The van der Waals surface area contributed by atoms with Crippen LogP contribution in [0.5, 0.6) is 5.75 Å². The average Bonchev–Trinajstić information content (AvgIpc) is 3.11. The molecule has 0 bridgehead atoms. The molecule has 0 spiro atoms. The molecule has 8 heteroatoms. The van der Waals surface area contributed by atoms with Gasteiger partial charge in [-0.3, -0.25) is 4.68 Å². The van der Waals surface area contributed by atoms with Gasteiger partial charge in [0.15, 0.2) is 11.6 Å². The van der Waals surface area contributed by atoms with Crippen LogP contribution in [0, 0.1) is 18.7 Å². The van der Waals surface area contributed by atoms with Crippen LogP contribution in [0.2, 0.25) is 0 Å². The Kier molecular flexibility index (Phi) is 5.16. The number of rotatable bonds is 4. The van der Waals surface area contributed by atoms with Crippen molar-refractivity contribution in [3.63, 3.8) is 0 Å². The summed E-state index contributed by atoms with van der Waals surface area (Å²) in [6, 6.07) is 2.67. The first-order valence-electron chi connectivity index (χ1n) is 8.31. The lowest BCUT2D eigenvalue weighted by atomic mass is 9.97. The molecule has 2 aromatic rings. The Morgan fingerprint density at radius 3 is 2.80 bits per heavy atom. The van der Waals surface area contributed by atoms with E-state index in [1.807, 2.05) is 17.8 Å². The van der Waals surface area contributed by atoms with Crippen molar-refractivity contribution in [1.82, 2.24) is 19.9 Å². The maximum atomic E-state index is 13.9. The largest absolute Gasteiger partial charge is 0.494 e. The minimum Gasteiger partial charge on any atom is -0.494 e. The SMILES string of the molecule is COc1cc(C)c(NC(=O)N2CCC(Cn3ccnn3)CC2)cc1F. The van der Waals surface area contributed by atoms with Crippen LogP contribution in [-0.4, -0.2) is 46.1 Å². The molecule has 7 nitrogen and oxygen atoms in total. The predicted octanol–water partition coefficient (Wildman–Crippen LogP) is 2.68. The summed E-state index contributed by atoms with van der Waals surface area (Å²) in [7, 11) is 1.42. The first-order valence-corrected chi connectivity index (χ1v) is 8.31. The van der Waals surface area contributed by atoms with Gasteiger partial charge in [-0.25, -0.2) is 9.18 Å². The number of amides is 2. The summed E-state index contributed by atoms with van der Waals surface area (Å²) < 4.78 is 20.6. The van der Waals surface area contributed by atoms with Gasteiger partial charge < -0.3 is 15.0 Å². The average molecular weight is 347 g/mol. The van der Waals surface area contributed by atoms with Crippen molar-refractivity contribution in [3.8, 4) is 5.75 Å². The van der Waals surface area contributed by atoms with E-state index < -0.39 is 5.82 Å². The minimum atomic E-state index is -0.491. The summed E-state index contributed by atoms with van der Waals surface area (Å²) in [4.78, 5) is 14.2. The van der Waals surface area contributed by atoms with E-state index in [9.17, 15) is 9.18 Å². The molecule has 1 N–H and O–H groups in total. The third-order valence-corrected chi connectivity index (χ3v) is 4.56. The molecule has 2 heterocycles. The van der Waals surface area contributed by atoms with Crippen LogP contribution in [0.3, 0.4) is 0 Å². The van der Waals surface area contributed by atoms with Crippen molar-refractivity contribution in [3.05, 3.63) is 35.9 Å². The summed E-state index contributed by atoms with van der Waals surface area (Å²) in [5, 5.41) is 10.6. The highest BCUT2D eigenvalue weighted by Crippen LogP contribution is 2.26. The second-order valence-corrected chi connectivity index (χ2v) is 6.29. The monoisotopic (exact) mass is 347 g/mol. The van der Waals surface area contributed by atoms with Crippen LogP contribution < -0.4 is 10.1 Å². The Hall–Kier alpha value is -2.64. The fraction of sp³-hybridized carbons (Fsp3) is 0.471. The fourth-order valence-corrected chi connectivity index (χ4v) is 3.05. The normalized spacial score (nSPS) is 15.2. The zero-order chi connectivity index (χ0) is 17.8. The quantitative estimate of drug-likeness (QED) is 0.923. The number of aromatic nitrogens is 3. The molecule has 0 unspecified atom stereocenters. The van der Waals surface area contributed by atoms with Crippen molar-refractivity contribution in [1.29, 1.82) is 0 Å². The van der Waals surface area contributed by atoms with Gasteiger partial charge in [-0.2, -0.15) is 0 Å². The van der Waals surface area contributed by atoms with Crippen LogP contribution in [-0.2, 0) is 6.54 Å². The van der Waals surface area contributed by atoms with Crippen molar-refractivity contribution < 1.29 is 13.9 Å². The first-order chi connectivity index (χ1) is 12.1. The summed E-state index contributed by atoms with van der Waals surface area (Å²) in [5.41, 5.74) is 1.22. The number of ether oxygens (including phenoxy) is 1. The van der Waals surface area contributed by atoms with Crippen molar-refractivity contribution in [2.45, 2.75) is 26.3 Å². The highest BCUT2D eigenvalue weighted by molar-refractivity contribution is 5.90. The topological polar surface area (TPSA) is 72.3 Å². The zero-order valence-electron chi connectivity index (χ0n) is 14.4. The van der Waals surface area contributed by atoms with Crippen LogP contribution >= 0.6 is 0 Å². The van der Waals surface area contributed by atoms with Gasteiger partial charge in [0, 0.05) is 37.6 Å². The van der Waals surface area contributed by atoms with Gasteiger partial charge in [0.05, 0.1) is 13.3 Å². The molecule has 134 valence electrons. The Bertz CT molecular complexity index is 727. The number of likely N-dealkylation sites (tertiary alicyclic amines) is 1. The van der Waals surface area contributed by atoms with Gasteiger partial charge in [0.25, 0.3) is 0 Å².